The molecule has 5 nitrogen and oxygen atoms in total. The van der Waals surface area contributed by atoms with Gasteiger partial charge in [-0.1, -0.05) is 6.42 Å². The number of hydrogen-bond donors (Lipinski definition) is 2. The van der Waals surface area contributed by atoms with E-state index in [1.54, 1.807) is 0 Å². The van der Waals surface area contributed by atoms with Crippen molar-refractivity contribution in [2.24, 2.45) is 0 Å². The van der Waals surface area contributed by atoms with E-state index in [0.717, 1.165) is 6.04 Å². The Morgan fingerprint density at radius 2 is 2.00 bits per heavy atom. The predicted molar refractivity (Wildman–Crippen MR) is 51.2 cm³/mol. The molecule has 0 bridgehead atoms. The highest BCUT2D eigenvalue weighted by molar-refractivity contribution is 7.44. The highest BCUT2D eigenvalue weighted by atomic mass is 31.2. The smallest absolute Gasteiger partial charge is 0.265 e. The summed E-state index contributed by atoms with van der Waals surface area (Å²) in [5.74, 6) is 0. The van der Waals surface area contributed by atoms with Crippen molar-refractivity contribution in [1.82, 2.24) is 0 Å². The van der Waals surface area contributed by atoms with Crippen molar-refractivity contribution in [3.8, 4) is 0 Å². The van der Waals surface area contributed by atoms with Crippen molar-refractivity contribution in [3.63, 3.8) is 0 Å². The summed E-state index contributed by atoms with van der Waals surface area (Å²) in [7, 11) is -4.42. The van der Waals surface area contributed by atoms with Crippen LogP contribution in [0.2, 0.25) is 0 Å². The summed E-state index contributed by atoms with van der Waals surface area (Å²) >= 11 is 0. The van der Waals surface area contributed by atoms with Crippen LogP contribution in [0.25, 0.3) is 0 Å². The summed E-state index contributed by atoms with van der Waals surface area (Å²) in [6, 6.07) is 0.786. The zero-order valence-electron chi connectivity index (χ0n) is 8.65. The quantitative estimate of drug-likeness (QED) is 0.648. The molecule has 1 aliphatic carbocycles. The van der Waals surface area contributed by atoms with Crippen molar-refractivity contribution < 1.29 is 24.6 Å². The molecule has 0 spiro atoms. The zero-order valence-corrected chi connectivity index (χ0v) is 9.54. The van der Waals surface area contributed by atoms with Crippen LogP contribution in [0, 0.1) is 0 Å². The van der Waals surface area contributed by atoms with E-state index in [4.69, 9.17) is 4.89 Å². The first-order valence-electron chi connectivity index (χ1n) is 4.97. The molecule has 1 aliphatic rings. The monoisotopic (exact) mass is 225 g/mol. The molecule has 1 saturated carbocycles. The fourth-order valence-corrected chi connectivity index (χ4v) is 1.68. The minimum absolute atomic E-state index is 0.0166. The number of rotatable bonds is 2. The summed E-state index contributed by atoms with van der Waals surface area (Å²) < 4.78 is 13.4. The molecule has 86 valence electrons. The lowest BCUT2D eigenvalue weighted by Crippen LogP contribution is -2.61. The minimum Gasteiger partial charge on any atom is -0.756 e. The van der Waals surface area contributed by atoms with Crippen LogP contribution < -0.4 is 10.6 Å². The Balaban J connectivity index is 0.000000241. The highest BCUT2D eigenvalue weighted by Crippen LogP contribution is 2.29. The minimum atomic E-state index is -4.42. The van der Waals surface area contributed by atoms with Gasteiger partial charge in [0.15, 0.2) is 0 Å². The second-order valence-corrected chi connectivity index (χ2v) is 4.59. The molecular weight excluding hydrogens is 205 g/mol. The SMILES string of the molecule is CCOP(=O)([O-])O.[NH3+]C1CCCCC1. The average molecular weight is 225 g/mol. The van der Waals surface area contributed by atoms with Crippen LogP contribution >= 0.6 is 7.82 Å². The van der Waals surface area contributed by atoms with Crippen molar-refractivity contribution in [2.45, 2.75) is 45.1 Å². The molecule has 1 atom stereocenters. The van der Waals surface area contributed by atoms with Crippen molar-refractivity contribution in [3.05, 3.63) is 0 Å². The molecule has 1 unspecified atom stereocenters. The molecule has 0 aromatic rings. The van der Waals surface area contributed by atoms with Gasteiger partial charge in [-0.25, -0.2) is 0 Å². The van der Waals surface area contributed by atoms with E-state index in [0.29, 0.717) is 0 Å². The molecule has 1 rings (SSSR count). The first-order valence-corrected chi connectivity index (χ1v) is 6.46. The van der Waals surface area contributed by atoms with Crippen LogP contribution in [0.5, 0.6) is 0 Å². The topological polar surface area (TPSA) is 97.2 Å². The summed E-state index contributed by atoms with van der Waals surface area (Å²) in [5.41, 5.74) is 4.00. The normalized spacial score (nSPS) is 22.0. The third-order valence-corrected chi connectivity index (χ3v) is 2.60. The van der Waals surface area contributed by atoms with Crippen molar-refractivity contribution in [2.75, 3.05) is 6.61 Å². The van der Waals surface area contributed by atoms with Crippen LogP contribution in [-0.2, 0) is 9.09 Å². The largest absolute Gasteiger partial charge is 0.756 e. The van der Waals surface area contributed by atoms with Gasteiger partial charge in [0.2, 0.25) is 0 Å². The molecule has 0 aromatic carbocycles. The fourth-order valence-electron chi connectivity index (χ4n) is 1.35. The lowest BCUT2D eigenvalue weighted by atomic mass is 9.97. The Labute approximate surface area is 84.9 Å². The van der Waals surface area contributed by atoms with Crippen LogP contribution in [0.4, 0.5) is 0 Å². The van der Waals surface area contributed by atoms with Crippen molar-refractivity contribution >= 4 is 7.82 Å². The van der Waals surface area contributed by atoms with Gasteiger partial charge in [0.1, 0.15) is 0 Å². The molecule has 0 aromatic heterocycles. The van der Waals surface area contributed by atoms with E-state index in [-0.39, 0.29) is 6.61 Å². The molecule has 0 amide bonds. The number of hydrogen-bond acceptors (Lipinski definition) is 3. The Kier molecular flexibility index (Phi) is 7.41. The maximum absolute atomic E-state index is 9.59. The van der Waals surface area contributed by atoms with Gasteiger partial charge in [-0.3, -0.25) is 4.57 Å². The standard InChI is InChI=1S/C6H13N.C2H7O4P/c7-6-4-2-1-3-5-6;1-2-6-7(3,4)5/h6H,1-5,7H2;2H2,1H3,(H2,3,4,5). The van der Waals surface area contributed by atoms with E-state index in [1.165, 1.54) is 39.0 Å². The number of quaternary nitrogens is 1. The van der Waals surface area contributed by atoms with Crippen LogP contribution in [-0.4, -0.2) is 17.5 Å². The molecule has 0 radical (unpaired) electrons. The predicted octanol–water partition coefficient (Wildman–Crippen LogP) is 0.0446. The first-order chi connectivity index (χ1) is 6.45. The van der Waals surface area contributed by atoms with Gasteiger partial charge in [-0.05, 0) is 32.6 Å². The third-order valence-electron chi connectivity index (χ3n) is 2.02. The molecule has 0 heterocycles. The summed E-state index contributed by atoms with van der Waals surface area (Å²) in [6.07, 6.45) is 7.05. The maximum atomic E-state index is 9.59. The molecule has 14 heavy (non-hydrogen) atoms. The Morgan fingerprint density at radius 1 is 1.50 bits per heavy atom. The molecule has 0 aliphatic heterocycles. The molecule has 0 saturated heterocycles. The van der Waals surface area contributed by atoms with E-state index < -0.39 is 7.82 Å². The number of phosphoric acid groups is 1. The lowest BCUT2D eigenvalue weighted by Gasteiger charge is -2.12. The Morgan fingerprint density at radius 3 is 2.14 bits per heavy atom. The van der Waals surface area contributed by atoms with Crippen LogP contribution in [0.15, 0.2) is 0 Å². The van der Waals surface area contributed by atoms with Gasteiger partial charge < -0.3 is 20.0 Å². The molecular formula is C8H20NO4P. The maximum Gasteiger partial charge on any atom is 0.265 e. The zero-order chi connectivity index (χ0) is 11.0. The molecule has 4 N–H and O–H groups in total. The summed E-state index contributed by atoms with van der Waals surface area (Å²) in [6.45, 7) is 1.46. The first kappa shape index (κ1) is 14.1. The molecule has 6 heteroatoms. The van der Waals surface area contributed by atoms with Gasteiger partial charge in [-0.15, -0.1) is 0 Å². The van der Waals surface area contributed by atoms with E-state index in [2.05, 4.69) is 10.3 Å². The average Bonchev–Trinajstić information content (AvgIpc) is 2.04. The van der Waals surface area contributed by atoms with Gasteiger partial charge in [0, 0.05) is 0 Å². The van der Waals surface area contributed by atoms with E-state index in [1.807, 2.05) is 0 Å². The molecule has 1 fully saturated rings. The van der Waals surface area contributed by atoms with Crippen LogP contribution in [0.1, 0.15) is 39.0 Å². The lowest BCUT2D eigenvalue weighted by molar-refractivity contribution is -0.425. The second-order valence-electron chi connectivity index (χ2n) is 3.39. The van der Waals surface area contributed by atoms with E-state index in [9.17, 15) is 9.46 Å². The van der Waals surface area contributed by atoms with Crippen molar-refractivity contribution in [1.29, 1.82) is 0 Å². The van der Waals surface area contributed by atoms with Gasteiger partial charge in [0.05, 0.1) is 12.6 Å². The highest BCUT2D eigenvalue weighted by Gasteiger charge is 2.09. The fraction of sp³-hybridized carbons (Fsp3) is 1.00. The summed E-state index contributed by atoms with van der Waals surface area (Å²) in [4.78, 5) is 17.4. The second kappa shape index (κ2) is 7.37. The number of phosphoric ester groups is 1. The van der Waals surface area contributed by atoms with E-state index >= 15 is 0 Å². The summed E-state index contributed by atoms with van der Waals surface area (Å²) in [5, 5.41) is 0. The Bertz CT molecular complexity index is 176. The van der Waals surface area contributed by atoms with Gasteiger partial charge >= 0.3 is 0 Å². The van der Waals surface area contributed by atoms with Gasteiger partial charge in [0.25, 0.3) is 7.82 Å². The van der Waals surface area contributed by atoms with Gasteiger partial charge in [-0.2, -0.15) is 0 Å². The third kappa shape index (κ3) is 10.2. The Hall–Kier alpha value is 0.0700. The van der Waals surface area contributed by atoms with Crippen LogP contribution in [0.3, 0.4) is 0 Å².